The van der Waals surface area contributed by atoms with Crippen LogP contribution in [0, 0.1) is 0 Å². The molecule has 0 saturated carbocycles. The van der Waals surface area contributed by atoms with Crippen molar-refractivity contribution in [1.29, 1.82) is 0 Å². The van der Waals surface area contributed by atoms with Crippen LogP contribution in [-0.4, -0.2) is 56.2 Å². The number of hydrogen-bond donors (Lipinski definition) is 0. The molecule has 0 amide bonds. The first-order valence-electron chi connectivity index (χ1n) is 7.97. The van der Waals surface area contributed by atoms with E-state index in [0.29, 0.717) is 0 Å². The fourth-order valence-corrected chi connectivity index (χ4v) is 3.15. The van der Waals surface area contributed by atoms with E-state index in [1.54, 1.807) is 0 Å². The summed E-state index contributed by atoms with van der Waals surface area (Å²) in [5, 5.41) is 0. The van der Waals surface area contributed by atoms with E-state index in [9.17, 15) is 0 Å². The van der Waals surface area contributed by atoms with Crippen LogP contribution in [0.4, 0.5) is 0 Å². The van der Waals surface area contributed by atoms with Gasteiger partial charge in [0.25, 0.3) is 0 Å². The molecular formula is C17H26N2O. The molecule has 110 valence electrons. The van der Waals surface area contributed by atoms with E-state index < -0.39 is 0 Å². The second kappa shape index (κ2) is 6.59. The van der Waals surface area contributed by atoms with Gasteiger partial charge in [0.1, 0.15) is 5.75 Å². The molecule has 3 rings (SSSR count). The molecule has 0 aromatic heterocycles. The van der Waals surface area contributed by atoms with Gasteiger partial charge in [-0.2, -0.15) is 0 Å². The minimum Gasteiger partial charge on any atom is -0.493 e. The number of likely N-dealkylation sites (N-methyl/N-ethyl adjacent to an activating group) is 1. The summed E-state index contributed by atoms with van der Waals surface area (Å²) in [4.78, 5) is 5.02. The Hall–Kier alpha value is -1.06. The van der Waals surface area contributed by atoms with Crippen molar-refractivity contribution in [2.24, 2.45) is 0 Å². The van der Waals surface area contributed by atoms with Crippen molar-refractivity contribution in [3.8, 4) is 5.75 Å². The summed E-state index contributed by atoms with van der Waals surface area (Å²) < 4.78 is 5.68. The monoisotopic (exact) mass is 274 g/mol. The second-order valence-electron chi connectivity index (χ2n) is 6.14. The minimum absolute atomic E-state index is 0.885. The summed E-state index contributed by atoms with van der Waals surface area (Å²) in [6.45, 7) is 7.02. The Morgan fingerprint density at radius 1 is 1.15 bits per heavy atom. The standard InChI is InChI=1S/C17H26N2O/c1-18-9-11-19(12-10-18)8-2-4-15-6-7-17-16(14-15)5-3-13-20-17/h6-7,14H,2-5,8-13H2,1H3. The maximum absolute atomic E-state index is 5.68. The number of benzene rings is 1. The topological polar surface area (TPSA) is 15.7 Å². The molecule has 1 fully saturated rings. The molecule has 2 aliphatic heterocycles. The van der Waals surface area contributed by atoms with E-state index >= 15 is 0 Å². The van der Waals surface area contributed by atoms with Crippen molar-refractivity contribution in [2.75, 3.05) is 46.4 Å². The maximum Gasteiger partial charge on any atom is 0.122 e. The molecule has 20 heavy (non-hydrogen) atoms. The number of nitrogens with zero attached hydrogens (tertiary/aromatic N) is 2. The summed E-state index contributed by atoms with van der Waals surface area (Å²) in [5.41, 5.74) is 2.89. The highest BCUT2D eigenvalue weighted by Crippen LogP contribution is 2.25. The van der Waals surface area contributed by atoms with Crippen LogP contribution in [0.1, 0.15) is 24.0 Å². The van der Waals surface area contributed by atoms with E-state index in [2.05, 4.69) is 35.0 Å². The fourth-order valence-electron chi connectivity index (χ4n) is 3.15. The Morgan fingerprint density at radius 2 is 2.00 bits per heavy atom. The summed E-state index contributed by atoms with van der Waals surface area (Å²) in [6, 6.07) is 6.77. The molecule has 3 nitrogen and oxygen atoms in total. The predicted octanol–water partition coefficient (Wildman–Crippen LogP) is 2.19. The maximum atomic E-state index is 5.68. The highest BCUT2D eigenvalue weighted by molar-refractivity contribution is 5.38. The Bertz CT molecular complexity index is 439. The van der Waals surface area contributed by atoms with Gasteiger partial charge in [0.2, 0.25) is 0 Å². The van der Waals surface area contributed by atoms with Crippen molar-refractivity contribution in [1.82, 2.24) is 9.80 Å². The number of aryl methyl sites for hydroxylation is 2. The van der Waals surface area contributed by atoms with Crippen LogP contribution in [0.3, 0.4) is 0 Å². The van der Waals surface area contributed by atoms with Crippen LogP contribution in [0.15, 0.2) is 18.2 Å². The highest BCUT2D eigenvalue weighted by Gasteiger charge is 2.13. The SMILES string of the molecule is CN1CCN(CCCc2ccc3c(c2)CCCO3)CC1. The number of piperazine rings is 1. The zero-order valence-electron chi connectivity index (χ0n) is 12.6. The Labute approximate surface area is 122 Å². The van der Waals surface area contributed by atoms with E-state index in [-0.39, 0.29) is 0 Å². The van der Waals surface area contributed by atoms with Crippen LogP contribution in [-0.2, 0) is 12.8 Å². The van der Waals surface area contributed by atoms with Crippen LogP contribution < -0.4 is 4.74 Å². The quantitative estimate of drug-likeness (QED) is 0.837. The zero-order chi connectivity index (χ0) is 13.8. The molecule has 0 unspecified atom stereocenters. The molecule has 2 aliphatic rings. The molecule has 0 atom stereocenters. The Morgan fingerprint density at radius 3 is 2.85 bits per heavy atom. The van der Waals surface area contributed by atoms with Gasteiger partial charge < -0.3 is 14.5 Å². The normalized spacial score (nSPS) is 20.4. The van der Waals surface area contributed by atoms with Gasteiger partial charge in [-0.1, -0.05) is 12.1 Å². The minimum atomic E-state index is 0.885. The third-order valence-corrected chi connectivity index (χ3v) is 4.51. The first-order chi connectivity index (χ1) is 9.81. The number of hydrogen-bond acceptors (Lipinski definition) is 3. The molecule has 2 heterocycles. The lowest BCUT2D eigenvalue weighted by molar-refractivity contribution is 0.153. The van der Waals surface area contributed by atoms with Crippen molar-refractivity contribution >= 4 is 0 Å². The van der Waals surface area contributed by atoms with Gasteiger partial charge in [0.15, 0.2) is 0 Å². The first-order valence-corrected chi connectivity index (χ1v) is 7.97. The third kappa shape index (κ3) is 3.53. The van der Waals surface area contributed by atoms with E-state index in [1.807, 2.05) is 0 Å². The summed E-state index contributed by atoms with van der Waals surface area (Å²) >= 11 is 0. The Kier molecular flexibility index (Phi) is 4.58. The van der Waals surface area contributed by atoms with Crippen molar-refractivity contribution < 1.29 is 4.74 Å². The van der Waals surface area contributed by atoms with Crippen molar-refractivity contribution in [3.05, 3.63) is 29.3 Å². The van der Waals surface area contributed by atoms with Crippen LogP contribution in [0.5, 0.6) is 5.75 Å². The van der Waals surface area contributed by atoms with Gasteiger partial charge in [-0.25, -0.2) is 0 Å². The molecule has 0 aliphatic carbocycles. The van der Waals surface area contributed by atoms with Gasteiger partial charge in [0.05, 0.1) is 6.61 Å². The van der Waals surface area contributed by atoms with Crippen molar-refractivity contribution in [3.63, 3.8) is 0 Å². The first kappa shape index (κ1) is 13.9. The number of fused-ring (bicyclic) bond motifs is 1. The lowest BCUT2D eigenvalue weighted by atomic mass is 10.0. The van der Waals surface area contributed by atoms with Gasteiger partial charge in [-0.05, 0) is 56.5 Å². The molecule has 1 aromatic rings. The number of rotatable bonds is 4. The summed E-state index contributed by atoms with van der Waals surface area (Å²) in [5.74, 6) is 1.11. The molecule has 3 heteroatoms. The molecule has 0 N–H and O–H groups in total. The van der Waals surface area contributed by atoms with Crippen LogP contribution in [0.25, 0.3) is 0 Å². The molecule has 1 saturated heterocycles. The van der Waals surface area contributed by atoms with Gasteiger partial charge in [0, 0.05) is 26.2 Å². The molecule has 1 aromatic carbocycles. The van der Waals surface area contributed by atoms with E-state index in [0.717, 1.165) is 18.8 Å². The molecular weight excluding hydrogens is 248 g/mol. The van der Waals surface area contributed by atoms with E-state index in [4.69, 9.17) is 4.74 Å². The van der Waals surface area contributed by atoms with Gasteiger partial charge >= 0.3 is 0 Å². The lowest BCUT2D eigenvalue weighted by Crippen LogP contribution is -2.44. The molecule has 0 spiro atoms. The smallest absolute Gasteiger partial charge is 0.122 e. The molecule has 0 bridgehead atoms. The fraction of sp³-hybridized carbons (Fsp3) is 0.647. The van der Waals surface area contributed by atoms with Gasteiger partial charge in [-0.3, -0.25) is 0 Å². The zero-order valence-corrected chi connectivity index (χ0v) is 12.6. The Balaban J connectivity index is 1.46. The van der Waals surface area contributed by atoms with E-state index in [1.165, 1.54) is 63.1 Å². The lowest BCUT2D eigenvalue weighted by Gasteiger charge is -2.32. The third-order valence-electron chi connectivity index (χ3n) is 4.51. The summed E-state index contributed by atoms with van der Waals surface area (Å²) in [7, 11) is 2.21. The predicted molar refractivity (Wildman–Crippen MR) is 82.5 cm³/mol. The molecule has 0 radical (unpaired) electrons. The van der Waals surface area contributed by atoms with Crippen LogP contribution in [0.2, 0.25) is 0 Å². The average Bonchev–Trinajstić information content (AvgIpc) is 2.49. The number of ether oxygens (including phenoxy) is 1. The second-order valence-corrected chi connectivity index (χ2v) is 6.14. The van der Waals surface area contributed by atoms with Crippen LogP contribution >= 0.6 is 0 Å². The van der Waals surface area contributed by atoms with Crippen molar-refractivity contribution in [2.45, 2.75) is 25.7 Å². The van der Waals surface area contributed by atoms with Gasteiger partial charge in [-0.15, -0.1) is 0 Å². The summed E-state index contributed by atoms with van der Waals surface area (Å²) in [6.07, 6.45) is 4.81. The highest BCUT2D eigenvalue weighted by atomic mass is 16.5. The average molecular weight is 274 g/mol. The largest absolute Gasteiger partial charge is 0.493 e.